The fraction of sp³-hybridized carbons (Fsp3) is 0.154. The monoisotopic (exact) mass is 413 g/mol. The van der Waals surface area contributed by atoms with Crippen LogP contribution in [-0.2, 0) is 9.59 Å². The van der Waals surface area contributed by atoms with Crippen LogP contribution in [0.3, 0.4) is 0 Å². The van der Waals surface area contributed by atoms with Crippen molar-refractivity contribution in [2.75, 3.05) is 12.0 Å². The maximum atomic E-state index is 13.1. The number of anilines is 1. The molecule has 5 heteroatoms. The Bertz CT molecular complexity index is 1180. The molecule has 1 aliphatic heterocycles. The number of hydrogen-bond acceptors (Lipinski definition) is 4. The molecule has 3 aromatic rings. The van der Waals surface area contributed by atoms with E-state index >= 15 is 0 Å². The Morgan fingerprint density at radius 3 is 2.13 bits per heavy atom. The van der Waals surface area contributed by atoms with Crippen LogP contribution in [0.5, 0.6) is 5.75 Å². The van der Waals surface area contributed by atoms with E-state index in [2.05, 4.69) is 0 Å². The van der Waals surface area contributed by atoms with Gasteiger partial charge >= 0.3 is 0 Å². The first-order valence-electron chi connectivity index (χ1n) is 9.99. The number of carbonyl (C=O) groups excluding carboxylic acids is 2. The minimum Gasteiger partial charge on any atom is -0.507 e. The van der Waals surface area contributed by atoms with Crippen molar-refractivity contribution in [3.8, 4) is 5.75 Å². The number of aliphatic hydroxyl groups is 1. The van der Waals surface area contributed by atoms with Gasteiger partial charge in [0.1, 0.15) is 11.5 Å². The molecule has 1 aliphatic rings. The summed E-state index contributed by atoms with van der Waals surface area (Å²) in [6.07, 6.45) is 0. The Kier molecular flexibility index (Phi) is 5.34. The standard InChI is InChI=1S/C26H23NO4/c1-16-7-11-18(12-8-16)24(28)22-23(19-5-4-6-21(15-19)31-3)27(26(30)25(22)29)20-13-9-17(2)10-14-20/h4-15,23,28H,1-3H3/b24-22-. The van der Waals surface area contributed by atoms with E-state index in [0.717, 1.165) is 11.1 Å². The molecule has 0 spiro atoms. The van der Waals surface area contributed by atoms with Crippen LogP contribution in [-0.4, -0.2) is 23.9 Å². The summed E-state index contributed by atoms with van der Waals surface area (Å²) in [7, 11) is 1.56. The summed E-state index contributed by atoms with van der Waals surface area (Å²) in [4.78, 5) is 27.7. The lowest BCUT2D eigenvalue weighted by molar-refractivity contribution is -0.132. The lowest BCUT2D eigenvalue weighted by Gasteiger charge is -2.26. The van der Waals surface area contributed by atoms with Crippen molar-refractivity contribution in [2.24, 2.45) is 0 Å². The number of benzene rings is 3. The average Bonchev–Trinajstić information content (AvgIpc) is 3.05. The van der Waals surface area contributed by atoms with Crippen LogP contribution < -0.4 is 9.64 Å². The normalized spacial score (nSPS) is 17.8. The molecule has 0 saturated carbocycles. The van der Waals surface area contributed by atoms with E-state index in [1.165, 1.54) is 4.90 Å². The van der Waals surface area contributed by atoms with Crippen molar-refractivity contribution in [3.63, 3.8) is 0 Å². The number of rotatable bonds is 4. The van der Waals surface area contributed by atoms with Crippen molar-refractivity contribution in [3.05, 3.63) is 101 Å². The zero-order valence-electron chi connectivity index (χ0n) is 17.6. The number of carbonyl (C=O) groups is 2. The average molecular weight is 413 g/mol. The van der Waals surface area contributed by atoms with Gasteiger partial charge in [-0.2, -0.15) is 0 Å². The summed E-state index contributed by atoms with van der Waals surface area (Å²) < 4.78 is 5.35. The van der Waals surface area contributed by atoms with Crippen LogP contribution in [0, 0.1) is 13.8 Å². The molecule has 1 saturated heterocycles. The molecule has 1 heterocycles. The largest absolute Gasteiger partial charge is 0.507 e. The van der Waals surface area contributed by atoms with E-state index < -0.39 is 17.7 Å². The highest BCUT2D eigenvalue weighted by molar-refractivity contribution is 6.51. The molecule has 0 aliphatic carbocycles. The van der Waals surface area contributed by atoms with Crippen molar-refractivity contribution in [1.82, 2.24) is 0 Å². The number of amides is 1. The van der Waals surface area contributed by atoms with Crippen LogP contribution in [0.4, 0.5) is 5.69 Å². The molecular formula is C26H23NO4. The lowest BCUT2D eigenvalue weighted by atomic mass is 9.94. The zero-order valence-corrected chi connectivity index (χ0v) is 17.6. The third kappa shape index (κ3) is 3.70. The lowest BCUT2D eigenvalue weighted by Crippen LogP contribution is -2.29. The third-order valence-electron chi connectivity index (χ3n) is 5.49. The topological polar surface area (TPSA) is 66.8 Å². The fourth-order valence-electron chi connectivity index (χ4n) is 3.80. The van der Waals surface area contributed by atoms with Gasteiger partial charge in [-0.05, 0) is 43.7 Å². The second-order valence-corrected chi connectivity index (χ2v) is 7.65. The summed E-state index contributed by atoms with van der Waals surface area (Å²) in [6, 6.07) is 21.0. The number of aryl methyl sites for hydroxylation is 2. The van der Waals surface area contributed by atoms with Gasteiger partial charge in [-0.1, -0.05) is 59.7 Å². The van der Waals surface area contributed by atoms with Crippen molar-refractivity contribution < 1.29 is 19.4 Å². The maximum absolute atomic E-state index is 13.1. The summed E-state index contributed by atoms with van der Waals surface area (Å²) >= 11 is 0. The Hall–Kier alpha value is -3.86. The van der Waals surface area contributed by atoms with Gasteiger partial charge in [-0.25, -0.2) is 0 Å². The molecule has 5 nitrogen and oxygen atoms in total. The Balaban J connectivity index is 1.94. The molecule has 1 N–H and O–H groups in total. The van der Waals surface area contributed by atoms with E-state index in [1.54, 1.807) is 49.6 Å². The second-order valence-electron chi connectivity index (χ2n) is 7.65. The fourth-order valence-corrected chi connectivity index (χ4v) is 3.80. The van der Waals surface area contributed by atoms with Gasteiger partial charge in [0.2, 0.25) is 0 Å². The first kappa shape index (κ1) is 20.4. The number of ketones is 1. The molecule has 0 aromatic heterocycles. The summed E-state index contributed by atoms with van der Waals surface area (Å²) in [5, 5.41) is 11.1. The molecule has 31 heavy (non-hydrogen) atoms. The second kappa shape index (κ2) is 8.11. The number of hydrogen-bond donors (Lipinski definition) is 1. The van der Waals surface area contributed by atoms with Gasteiger partial charge in [0.15, 0.2) is 0 Å². The SMILES string of the molecule is COc1cccc(C2/C(=C(/O)c3ccc(C)cc3)C(=O)C(=O)N2c2ccc(C)cc2)c1. The van der Waals surface area contributed by atoms with E-state index in [0.29, 0.717) is 22.6 Å². The molecule has 1 unspecified atom stereocenters. The number of nitrogens with zero attached hydrogens (tertiary/aromatic N) is 1. The predicted octanol–water partition coefficient (Wildman–Crippen LogP) is 4.94. The van der Waals surface area contributed by atoms with Gasteiger partial charge in [0.05, 0.1) is 18.7 Å². The highest BCUT2D eigenvalue weighted by Gasteiger charge is 2.47. The van der Waals surface area contributed by atoms with Crippen molar-refractivity contribution in [2.45, 2.75) is 19.9 Å². The summed E-state index contributed by atoms with van der Waals surface area (Å²) in [5.74, 6) is -0.986. The quantitative estimate of drug-likeness (QED) is 0.374. The van der Waals surface area contributed by atoms with Crippen LogP contribution in [0.1, 0.15) is 28.3 Å². The maximum Gasteiger partial charge on any atom is 0.300 e. The highest BCUT2D eigenvalue weighted by Crippen LogP contribution is 2.42. The Morgan fingerprint density at radius 1 is 0.903 bits per heavy atom. The first-order chi connectivity index (χ1) is 14.9. The zero-order chi connectivity index (χ0) is 22.1. The number of Topliss-reactive ketones (excluding diaryl/α,β-unsaturated/α-hetero) is 1. The Morgan fingerprint density at radius 2 is 1.52 bits per heavy atom. The smallest absolute Gasteiger partial charge is 0.300 e. The van der Waals surface area contributed by atoms with Crippen molar-refractivity contribution >= 4 is 23.1 Å². The molecule has 0 bridgehead atoms. The van der Waals surface area contributed by atoms with Gasteiger partial charge in [0.25, 0.3) is 11.7 Å². The molecule has 0 radical (unpaired) electrons. The van der Waals surface area contributed by atoms with E-state index in [-0.39, 0.29) is 11.3 Å². The molecule has 4 rings (SSSR count). The molecular weight excluding hydrogens is 390 g/mol. The van der Waals surface area contributed by atoms with Crippen LogP contribution in [0.2, 0.25) is 0 Å². The van der Waals surface area contributed by atoms with Gasteiger partial charge in [-0.15, -0.1) is 0 Å². The molecule has 1 amide bonds. The minimum absolute atomic E-state index is 0.0580. The van der Waals surface area contributed by atoms with E-state index in [9.17, 15) is 14.7 Å². The molecule has 3 aromatic carbocycles. The van der Waals surface area contributed by atoms with Gasteiger partial charge in [0, 0.05) is 11.3 Å². The highest BCUT2D eigenvalue weighted by atomic mass is 16.5. The molecule has 156 valence electrons. The summed E-state index contributed by atoms with van der Waals surface area (Å²) in [5.41, 5.74) is 3.87. The van der Waals surface area contributed by atoms with Crippen LogP contribution in [0.15, 0.2) is 78.4 Å². The Labute approximate surface area is 181 Å². The molecule has 1 atom stereocenters. The minimum atomic E-state index is -0.779. The van der Waals surface area contributed by atoms with Gasteiger partial charge in [-0.3, -0.25) is 14.5 Å². The van der Waals surface area contributed by atoms with Crippen LogP contribution >= 0.6 is 0 Å². The van der Waals surface area contributed by atoms with E-state index in [4.69, 9.17) is 4.74 Å². The predicted molar refractivity (Wildman–Crippen MR) is 120 cm³/mol. The summed E-state index contributed by atoms with van der Waals surface area (Å²) in [6.45, 7) is 3.89. The van der Waals surface area contributed by atoms with Crippen LogP contribution in [0.25, 0.3) is 5.76 Å². The number of aliphatic hydroxyl groups excluding tert-OH is 1. The third-order valence-corrected chi connectivity index (χ3v) is 5.49. The van der Waals surface area contributed by atoms with Gasteiger partial charge < -0.3 is 9.84 Å². The first-order valence-corrected chi connectivity index (χ1v) is 9.99. The number of ether oxygens (including phenoxy) is 1. The van der Waals surface area contributed by atoms with E-state index in [1.807, 2.05) is 44.2 Å². The molecule has 1 fully saturated rings. The van der Waals surface area contributed by atoms with Crippen molar-refractivity contribution in [1.29, 1.82) is 0 Å². The number of methoxy groups -OCH3 is 1.